The number of hydrogen-bond donors (Lipinski definition) is 1. The van der Waals surface area contributed by atoms with Gasteiger partial charge in [0.05, 0.1) is 42.8 Å². The van der Waals surface area contributed by atoms with Crippen LogP contribution < -0.4 is 5.56 Å². The minimum Gasteiger partial charge on any atom is -0.444 e. The van der Waals surface area contributed by atoms with Crippen LogP contribution in [-0.4, -0.2) is 84.6 Å². The Kier molecular flexibility index (Phi) is 9.26. The molecule has 1 N–H and O–H groups in total. The fraction of sp³-hybridized carbons (Fsp3) is 0.487. The van der Waals surface area contributed by atoms with Crippen LogP contribution in [0, 0.1) is 6.92 Å². The number of nitrogens with zero attached hydrogens (tertiary/aromatic N) is 5. The van der Waals surface area contributed by atoms with Crippen LogP contribution in [0.4, 0.5) is 4.79 Å². The summed E-state index contributed by atoms with van der Waals surface area (Å²) in [5, 5.41) is 12.2. The number of likely N-dealkylation sites (tertiary alicyclic amines) is 1. The van der Waals surface area contributed by atoms with Gasteiger partial charge in [0.25, 0.3) is 11.5 Å². The first-order valence-corrected chi connectivity index (χ1v) is 18.2. The highest BCUT2D eigenvalue weighted by atomic mass is 35.5. The van der Waals surface area contributed by atoms with Gasteiger partial charge in [-0.2, -0.15) is 0 Å². The largest absolute Gasteiger partial charge is 0.444 e. The average Bonchev–Trinajstić information content (AvgIpc) is 3.88. The highest BCUT2D eigenvalue weighted by molar-refractivity contribution is 6.31. The third kappa shape index (κ3) is 7.29. The van der Waals surface area contributed by atoms with Crippen molar-refractivity contribution in [2.45, 2.75) is 96.1 Å². The van der Waals surface area contributed by atoms with Crippen LogP contribution in [0.25, 0.3) is 16.7 Å². The molecule has 3 aliphatic rings. The normalized spacial score (nSPS) is 20.8. The Labute approximate surface area is 302 Å². The highest BCUT2D eigenvalue weighted by Crippen LogP contribution is 2.40. The van der Waals surface area contributed by atoms with Crippen molar-refractivity contribution in [2.75, 3.05) is 26.2 Å². The SMILES string of the molecule is Cc1cc(-n2c(Cl)cc3c(=O)n(CC4(O)CCN(C(=O)c5ccc(C6CC6)cc5)CC4)cnc32)ccc1[C@H]1CO[C@H](C)CN1C(=O)OC(C)(C)C. The van der Waals surface area contributed by atoms with Crippen LogP contribution in [0.2, 0.25) is 5.15 Å². The lowest BCUT2D eigenvalue weighted by atomic mass is 9.90. The molecule has 51 heavy (non-hydrogen) atoms. The van der Waals surface area contributed by atoms with E-state index in [0.717, 1.165) is 11.1 Å². The number of carbonyl (C=O) groups is 2. The molecular weight excluding hydrogens is 670 g/mol. The summed E-state index contributed by atoms with van der Waals surface area (Å²) in [7, 11) is 0. The van der Waals surface area contributed by atoms with E-state index < -0.39 is 11.2 Å². The molecule has 2 saturated heterocycles. The summed E-state index contributed by atoms with van der Waals surface area (Å²) in [6.45, 7) is 11.0. The second-order valence-corrected chi connectivity index (χ2v) is 15.9. The molecule has 11 nitrogen and oxygen atoms in total. The monoisotopic (exact) mass is 715 g/mol. The van der Waals surface area contributed by atoms with E-state index >= 15 is 0 Å². The molecular formula is C39H46ClN5O6. The molecule has 0 bridgehead atoms. The van der Waals surface area contributed by atoms with Gasteiger partial charge in [-0.05, 0) is 113 Å². The Bertz CT molecular complexity index is 2020. The number of aromatic nitrogens is 3. The zero-order valence-electron chi connectivity index (χ0n) is 29.9. The zero-order chi connectivity index (χ0) is 36.2. The number of amides is 2. The summed E-state index contributed by atoms with van der Waals surface area (Å²) in [5.74, 6) is 0.592. The topological polar surface area (TPSA) is 119 Å². The Balaban J connectivity index is 1.07. The predicted molar refractivity (Wildman–Crippen MR) is 195 cm³/mol. The van der Waals surface area contributed by atoms with E-state index in [1.165, 1.54) is 29.3 Å². The maximum absolute atomic E-state index is 13.7. The van der Waals surface area contributed by atoms with Gasteiger partial charge in [-0.1, -0.05) is 29.8 Å². The standard InChI is InChI=1S/C39H46ClN5O6/c1-24-18-29(12-13-30(24)32-21-50-25(2)20-44(32)37(48)51-38(3,4)5)45-33(40)19-31-34(45)41-23-43(36(31)47)22-39(49)14-16-42(17-15-39)35(46)28-10-8-27(9-11-28)26-6-7-26/h8-13,18-19,23,25-26,32,49H,6-7,14-17,20-22H2,1-5H3/t25-,32-/m1/s1. The number of ether oxygens (including phenoxy) is 2. The molecule has 4 aromatic rings. The number of hydrogen-bond acceptors (Lipinski definition) is 7. The van der Waals surface area contributed by atoms with Gasteiger partial charge in [0.1, 0.15) is 17.1 Å². The molecule has 1 saturated carbocycles. The molecule has 2 amide bonds. The molecule has 0 unspecified atom stereocenters. The van der Waals surface area contributed by atoms with E-state index in [1.54, 1.807) is 20.4 Å². The number of morpholine rings is 1. The lowest BCUT2D eigenvalue weighted by Crippen LogP contribution is -2.49. The second-order valence-electron chi connectivity index (χ2n) is 15.5. The average molecular weight is 716 g/mol. The number of aryl methyl sites for hydroxylation is 1. The van der Waals surface area contributed by atoms with E-state index in [2.05, 4.69) is 4.98 Å². The van der Waals surface area contributed by atoms with Gasteiger partial charge in [-0.25, -0.2) is 9.78 Å². The Hall–Kier alpha value is -4.19. The first-order valence-electron chi connectivity index (χ1n) is 17.8. The van der Waals surface area contributed by atoms with Gasteiger partial charge in [-0.15, -0.1) is 0 Å². The van der Waals surface area contributed by atoms with Crippen molar-refractivity contribution in [3.8, 4) is 5.69 Å². The lowest BCUT2D eigenvalue weighted by molar-refractivity contribution is -0.0645. The first-order chi connectivity index (χ1) is 24.2. The van der Waals surface area contributed by atoms with Crippen molar-refractivity contribution in [1.29, 1.82) is 0 Å². The second kappa shape index (κ2) is 13.4. The van der Waals surface area contributed by atoms with Crippen LogP contribution in [0.5, 0.6) is 0 Å². The molecule has 4 heterocycles. The fourth-order valence-electron chi connectivity index (χ4n) is 7.30. The summed E-state index contributed by atoms with van der Waals surface area (Å²) >= 11 is 6.75. The van der Waals surface area contributed by atoms with E-state index in [4.69, 9.17) is 21.1 Å². The quantitative estimate of drug-likeness (QED) is 0.246. The van der Waals surface area contributed by atoms with E-state index in [0.29, 0.717) is 72.4 Å². The molecule has 2 atom stereocenters. The maximum atomic E-state index is 13.7. The minimum atomic E-state index is -1.17. The molecule has 12 heteroatoms. The molecule has 2 aromatic carbocycles. The molecule has 1 aliphatic carbocycles. The van der Waals surface area contributed by atoms with Gasteiger partial charge in [0.15, 0.2) is 5.65 Å². The Morgan fingerprint density at radius 2 is 1.78 bits per heavy atom. The Morgan fingerprint density at radius 3 is 2.43 bits per heavy atom. The highest BCUT2D eigenvalue weighted by Gasteiger charge is 2.37. The smallest absolute Gasteiger partial charge is 0.410 e. The first kappa shape index (κ1) is 35.2. The zero-order valence-corrected chi connectivity index (χ0v) is 30.7. The molecule has 0 radical (unpaired) electrons. The minimum absolute atomic E-state index is 0.0408. The van der Waals surface area contributed by atoms with Crippen LogP contribution in [-0.2, 0) is 16.0 Å². The number of rotatable bonds is 6. The van der Waals surface area contributed by atoms with Crippen LogP contribution >= 0.6 is 11.6 Å². The van der Waals surface area contributed by atoms with Gasteiger partial charge in [0.2, 0.25) is 0 Å². The number of carbonyl (C=O) groups excluding carboxylic acids is 2. The summed E-state index contributed by atoms with van der Waals surface area (Å²) in [5.41, 5.74) is 2.79. The van der Waals surface area contributed by atoms with Crippen LogP contribution in [0.3, 0.4) is 0 Å². The van der Waals surface area contributed by atoms with Gasteiger partial charge in [0, 0.05) is 24.3 Å². The maximum Gasteiger partial charge on any atom is 0.410 e. The third-order valence-electron chi connectivity index (χ3n) is 10.3. The molecule has 270 valence electrons. The summed E-state index contributed by atoms with van der Waals surface area (Å²) < 4.78 is 14.8. The van der Waals surface area contributed by atoms with E-state index in [9.17, 15) is 19.5 Å². The predicted octanol–water partition coefficient (Wildman–Crippen LogP) is 6.39. The Morgan fingerprint density at radius 1 is 1.08 bits per heavy atom. The van der Waals surface area contributed by atoms with Gasteiger partial charge in [-0.3, -0.25) is 23.6 Å². The summed E-state index contributed by atoms with van der Waals surface area (Å²) in [6, 6.07) is 15.0. The van der Waals surface area contributed by atoms with Crippen LogP contribution in [0.15, 0.2) is 59.7 Å². The number of halogens is 1. The number of aliphatic hydroxyl groups is 1. The fourth-order valence-corrected chi connectivity index (χ4v) is 7.58. The van der Waals surface area contributed by atoms with Crippen molar-refractivity contribution in [2.24, 2.45) is 0 Å². The van der Waals surface area contributed by atoms with Gasteiger partial charge < -0.3 is 19.5 Å². The van der Waals surface area contributed by atoms with Crippen LogP contribution in [0.1, 0.15) is 92.4 Å². The number of piperidine rings is 1. The van der Waals surface area contributed by atoms with Gasteiger partial charge >= 0.3 is 6.09 Å². The lowest BCUT2D eigenvalue weighted by Gasteiger charge is -2.40. The van der Waals surface area contributed by atoms with Crippen molar-refractivity contribution in [3.63, 3.8) is 0 Å². The summed E-state index contributed by atoms with van der Waals surface area (Å²) in [4.78, 5) is 48.2. The summed E-state index contributed by atoms with van der Waals surface area (Å²) in [6.07, 6.45) is 4.06. The third-order valence-corrected chi connectivity index (χ3v) is 10.5. The number of fused-ring (bicyclic) bond motifs is 1. The molecule has 7 rings (SSSR count). The molecule has 2 aliphatic heterocycles. The number of benzene rings is 2. The van der Waals surface area contributed by atoms with E-state index in [-0.39, 0.29) is 36.3 Å². The van der Waals surface area contributed by atoms with Crippen molar-refractivity contribution >= 4 is 34.6 Å². The molecule has 0 spiro atoms. The van der Waals surface area contributed by atoms with Crippen molar-refractivity contribution in [1.82, 2.24) is 23.9 Å². The molecule has 2 aromatic heterocycles. The van der Waals surface area contributed by atoms with E-state index in [1.807, 2.05) is 77.1 Å². The van der Waals surface area contributed by atoms with Crippen molar-refractivity contribution < 1.29 is 24.2 Å². The van der Waals surface area contributed by atoms with Crippen molar-refractivity contribution in [3.05, 3.63) is 92.6 Å². The molecule has 3 fully saturated rings.